The quantitative estimate of drug-likeness (QED) is 0.800. The second-order valence-corrected chi connectivity index (χ2v) is 8.67. The predicted octanol–water partition coefficient (Wildman–Crippen LogP) is 2.15. The van der Waals surface area contributed by atoms with E-state index in [2.05, 4.69) is 4.72 Å². The van der Waals surface area contributed by atoms with Gasteiger partial charge in [-0.25, -0.2) is 13.1 Å². The summed E-state index contributed by atoms with van der Waals surface area (Å²) in [6, 6.07) is 6.63. The Morgan fingerprint density at radius 1 is 1.32 bits per heavy atom. The third kappa shape index (κ3) is 5.80. The Hall–Kier alpha value is -1.44. The summed E-state index contributed by atoms with van der Waals surface area (Å²) in [5.41, 5.74) is 0.819. The van der Waals surface area contributed by atoms with Crippen LogP contribution in [0, 0.1) is 5.92 Å². The van der Waals surface area contributed by atoms with E-state index in [4.69, 9.17) is 4.74 Å². The molecule has 140 valence electrons. The molecule has 0 saturated carbocycles. The summed E-state index contributed by atoms with van der Waals surface area (Å²) in [6.07, 6.45) is 1.82. The molecule has 0 radical (unpaired) electrons. The van der Waals surface area contributed by atoms with E-state index in [0.29, 0.717) is 44.9 Å². The highest BCUT2D eigenvalue weighted by Gasteiger charge is 2.26. The number of rotatable bonds is 7. The summed E-state index contributed by atoms with van der Waals surface area (Å²) < 4.78 is 33.0. The van der Waals surface area contributed by atoms with Crippen molar-refractivity contribution in [3.63, 3.8) is 0 Å². The minimum atomic E-state index is -3.57. The van der Waals surface area contributed by atoms with E-state index in [-0.39, 0.29) is 16.8 Å². The van der Waals surface area contributed by atoms with Gasteiger partial charge in [0.1, 0.15) is 0 Å². The van der Waals surface area contributed by atoms with Gasteiger partial charge in [-0.3, -0.25) is 4.79 Å². The Morgan fingerprint density at radius 3 is 2.60 bits per heavy atom. The van der Waals surface area contributed by atoms with E-state index >= 15 is 0 Å². The average molecular weight is 368 g/mol. The van der Waals surface area contributed by atoms with E-state index in [1.54, 1.807) is 25.3 Å². The van der Waals surface area contributed by atoms with Crippen LogP contribution in [0.5, 0.6) is 0 Å². The zero-order chi connectivity index (χ0) is 18.4. The molecular weight excluding hydrogens is 340 g/mol. The van der Waals surface area contributed by atoms with Crippen LogP contribution in [0.1, 0.15) is 38.7 Å². The Labute approximate surface area is 150 Å². The maximum atomic E-state index is 12.6. The van der Waals surface area contributed by atoms with Gasteiger partial charge in [0.05, 0.1) is 11.5 Å². The zero-order valence-electron chi connectivity index (χ0n) is 15.2. The van der Waals surface area contributed by atoms with Crippen molar-refractivity contribution in [3.05, 3.63) is 29.8 Å². The van der Waals surface area contributed by atoms with Gasteiger partial charge in [-0.1, -0.05) is 26.0 Å². The number of ether oxygens (including phenoxy) is 1. The van der Waals surface area contributed by atoms with E-state index in [0.717, 1.165) is 5.56 Å². The highest BCUT2D eigenvalue weighted by atomic mass is 32.2. The molecule has 1 heterocycles. The molecule has 0 aliphatic carbocycles. The predicted molar refractivity (Wildman–Crippen MR) is 96.5 cm³/mol. The third-order valence-electron chi connectivity index (χ3n) is 4.27. The second-order valence-electron chi connectivity index (χ2n) is 6.95. The van der Waals surface area contributed by atoms with E-state index in [1.807, 2.05) is 24.8 Å². The van der Waals surface area contributed by atoms with Gasteiger partial charge in [0.15, 0.2) is 0 Å². The summed E-state index contributed by atoms with van der Waals surface area (Å²) >= 11 is 0. The number of piperidine rings is 1. The van der Waals surface area contributed by atoms with Crippen LogP contribution < -0.4 is 4.72 Å². The Balaban J connectivity index is 1.94. The molecule has 0 unspecified atom stereocenters. The smallest absolute Gasteiger partial charge is 0.240 e. The highest BCUT2D eigenvalue weighted by Crippen LogP contribution is 2.17. The minimum Gasteiger partial charge on any atom is -0.380 e. The molecule has 0 aromatic heterocycles. The summed E-state index contributed by atoms with van der Waals surface area (Å²) in [7, 11) is -1.99. The average Bonchev–Trinajstić information content (AvgIpc) is 2.55. The van der Waals surface area contributed by atoms with Gasteiger partial charge in [0.25, 0.3) is 0 Å². The van der Waals surface area contributed by atoms with Crippen molar-refractivity contribution in [3.8, 4) is 0 Å². The van der Waals surface area contributed by atoms with Crippen LogP contribution in [0.3, 0.4) is 0 Å². The molecule has 1 aliphatic heterocycles. The molecule has 25 heavy (non-hydrogen) atoms. The number of benzene rings is 1. The van der Waals surface area contributed by atoms with Crippen LogP contribution in [0.2, 0.25) is 0 Å². The Kier molecular flexibility index (Phi) is 6.98. The largest absolute Gasteiger partial charge is 0.380 e. The second kappa shape index (κ2) is 8.78. The number of carbonyl (C=O) groups excluding carboxylic acids is 1. The first-order valence-electron chi connectivity index (χ1n) is 8.70. The number of sulfonamides is 1. The fourth-order valence-corrected chi connectivity index (χ4v) is 4.36. The lowest BCUT2D eigenvalue weighted by Crippen LogP contribution is -2.46. The van der Waals surface area contributed by atoms with E-state index < -0.39 is 10.0 Å². The molecular formula is C18H28N2O4S. The first kappa shape index (κ1) is 19.9. The summed E-state index contributed by atoms with van der Waals surface area (Å²) in [4.78, 5) is 14.2. The summed E-state index contributed by atoms with van der Waals surface area (Å²) in [6.45, 7) is 5.62. The molecule has 1 aromatic carbocycles. The van der Waals surface area contributed by atoms with Gasteiger partial charge >= 0.3 is 0 Å². The van der Waals surface area contributed by atoms with Crippen molar-refractivity contribution in [2.45, 2.75) is 50.7 Å². The fraction of sp³-hybridized carbons (Fsp3) is 0.611. The van der Waals surface area contributed by atoms with Gasteiger partial charge < -0.3 is 9.64 Å². The molecule has 1 amide bonds. The van der Waals surface area contributed by atoms with Crippen molar-refractivity contribution in [2.24, 2.45) is 5.92 Å². The van der Waals surface area contributed by atoms with Crippen LogP contribution in [0.4, 0.5) is 0 Å². The number of nitrogens with one attached hydrogen (secondary N) is 1. The van der Waals surface area contributed by atoms with Crippen LogP contribution >= 0.6 is 0 Å². The highest BCUT2D eigenvalue weighted by molar-refractivity contribution is 7.89. The Bertz CT molecular complexity index is 680. The fourth-order valence-electron chi connectivity index (χ4n) is 2.98. The lowest BCUT2D eigenvalue weighted by molar-refractivity contribution is -0.133. The van der Waals surface area contributed by atoms with Crippen molar-refractivity contribution in [1.82, 2.24) is 9.62 Å². The maximum absolute atomic E-state index is 12.6. The minimum absolute atomic E-state index is 0.140. The van der Waals surface area contributed by atoms with Crippen LogP contribution in [-0.2, 0) is 26.2 Å². The topological polar surface area (TPSA) is 75.7 Å². The summed E-state index contributed by atoms with van der Waals surface area (Å²) in [5.74, 6) is 0.492. The molecule has 0 spiro atoms. The Morgan fingerprint density at radius 2 is 2.00 bits per heavy atom. The molecule has 1 aromatic rings. The van der Waals surface area contributed by atoms with Crippen molar-refractivity contribution in [2.75, 3.05) is 20.2 Å². The van der Waals surface area contributed by atoms with Crippen LogP contribution in [-0.4, -0.2) is 45.5 Å². The lowest BCUT2D eigenvalue weighted by Gasteiger charge is -2.32. The number of amides is 1. The molecule has 1 N–H and O–H groups in total. The van der Waals surface area contributed by atoms with Crippen molar-refractivity contribution >= 4 is 15.9 Å². The zero-order valence-corrected chi connectivity index (χ0v) is 16.0. The SMILES string of the molecule is COCc1cccc(S(=O)(=O)NC2CCN(C(=O)CC(C)C)CC2)c1. The molecule has 6 nitrogen and oxygen atoms in total. The number of nitrogens with zero attached hydrogens (tertiary/aromatic N) is 1. The van der Waals surface area contributed by atoms with Crippen LogP contribution in [0.25, 0.3) is 0 Å². The number of carbonyl (C=O) groups is 1. The molecule has 7 heteroatoms. The van der Waals surface area contributed by atoms with Gasteiger partial charge in [0, 0.05) is 32.7 Å². The van der Waals surface area contributed by atoms with Gasteiger partial charge in [-0.05, 0) is 36.5 Å². The standard InChI is InChI=1S/C18H28N2O4S/c1-14(2)11-18(21)20-9-7-16(8-10-20)19-25(22,23)17-6-4-5-15(12-17)13-24-3/h4-6,12,14,16,19H,7-11,13H2,1-3H3. The molecule has 1 aliphatic rings. The number of methoxy groups -OCH3 is 1. The molecule has 2 rings (SSSR count). The lowest BCUT2D eigenvalue weighted by atomic mass is 10.0. The molecule has 1 fully saturated rings. The van der Waals surface area contributed by atoms with Crippen molar-refractivity contribution in [1.29, 1.82) is 0 Å². The number of likely N-dealkylation sites (tertiary alicyclic amines) is 1. The first-order valence-corrected chi connectivity index (χ1v) is 10.2. The monoisotopic (exact) mass is 368 g/mol. The van der Waals surface area contributed by atoms with Gasteiger partial charge in [-0.2, -0.15) is 0 Å². The first-order chi connectivity index (χ1) is 11.8. The normalized spacial score (nSPS) is 16.4. The van der Waals surface area contributed by atoms with E-state index in [9.17, 15) is 13.2 Å². The van der Waals surface area contributed by atoms with Gasteiger partial charge in [-0.15, -0.1) is 0 Å². The van der Waals surface area contributed by atoms with E-state index in [1.165, 1.54) is 0 Å². The maximum Gasteiger partial charge on any atom is 0.240 e. The molecule has 1 saturated heterocycles. The van der Waals surface area contributed by atoms with Crippen molar-refractivity contribution < 1.29 is 17.9 Å². The van der Waals surface area contributed by atoms with Crippen LogP contribution in [0.15, 0.2) is 29.2 Å². The summed E-state index contributed by atoms with van der Waals surface area (Å²) in [5, 5.41) is 0. The number of hydrogen-bond donors (Lipinski definition) is 1. The third-order valence-corrected chi connectivity index (χ3v) is 5.79. The number of hydrogen-bond acceptors (Lipinski definition) is 4. The molecule has 0 bridgehead atoms. The van der Waals surface area contributed by atoms with Gasteiger partial charge in [0.2, 0.25) is 15.9 Å². The molecule has 0 atom stereocenters.